The number of ether oxygens (including phenoxy) is 1. The lowest BCUT2D eigenvalue weighted by molar-refractivity contribution is 0.0933. The van der Waals surface area contributed by atoms with Gasteiger partial charge < -0.3 is 10.1 Å². The Balaban J connectivity index is 3.00. The van der Waals surface area contributed by atoms with Crippen LogP contribution in [0.4, 0.5) is 4.39 Å². The van der Waals surface area contributed by atoms with Gasteiger partial charge in [-0.05, 0) is 34.0 Å². The average molecular weight is 403 g/mol. The normalized spacial score (nSPS) is 13.0. The van der Waals surface area contributed by atoms with Crippen LogP contribution in [-0.4, -0.2) is 34.6 Å². The van der Waals surface area contributed by atoms with Crippen LogP contribution >= 0.6 is 26.6 Å². The average Bonchev–Trinajstić information content (AvgIpc) is 2.34. The zero-order chi connectivity index (χ0) is 16.2. The summed E-state index contributed by atoms with van der Waals surface area (Å²) in [4.78, 5) is 11.3. The number of rotatable bonds is 6. The van der Waals surface area contributed by atoms with Crippen molar-refractivity contribution in [3.05, 3.63) is 28.0 Å². The van der Waals surface area contributed by atoms with E-state index in [1.165, 1.54) is 0 Å². The molecule has 21 heavy (non-hydrogen) atoms. The molecule has 118 valence electrons. The Morgan fingerprint density at radius 3 is 2.67 bits per heavy atom. The SMILES string of the molecule is COCC(C)CNC(=O)c1cc(S(=O)(=O)Cl)c(F)cc1Br. The lowest BCUT2D eigenvalue weighted by atomic mass is 10.1. The van der Waals surface area contributed by atoms with Crippen LogP contribution in [0.1, 0.15) is 17.3 Å². The van der Waals surface area contributed by atoms with Gasteiger partial charge in [-0.15, -0.1) is 0 Å². The number of carbonyl (C=O) groups is 1. The molecule has 1 unspecified atom stereocenters. The summed E-state index contributed by atoms with van der Waals surface area (Å²) in [6.07, 6.45) is 0. The Morgan fingerprint density at radius 2 is 2.14 bits per heavy atom. The molecule has 0 aliphatic heterocycles. The van der Waals surface area contributed by atoms with Crippen molar-refractivity contribution in [3.63, 3.8) is 0 Å². The number of amides is 1. The van der Waals surface area contributed by atoms with Gasteiger partial charge in [0.05, 0.1) is 12.2 Å². The van der Waals surface area contributed by atoms with Gasteiger partial charge >= 0.3 is 0 Å². The number of nitrogens with one attached hydrogen (secondary N) is 1. The number of hydrogen-bond acceptors (Lipinski definition) is 4. The summed E-state index contributed by atoms with van der Waals surface area (Å²) in [6.45, 7) is 2.67. The molecule has 1 aromatic rings. The second-order valence-electron chi connectivity index (χ2n) is 4.47. The van der Waals surface area contributed by atoms with Crippen LogP contribution in [0.2, 0.25) is 0 Å². The van der Waals surface area contributed by atoms with Gasteiger partial charge in [-0.1, -0.05) is 6.92 Å². The number of benzene rings is 1. The third-order valence-electron chi connectivity index (χ3n) is 2.59. The van der Waals surface area contributed by atoms with Crippen LogP contribution < -0.4 is 5.32 Å². The summed E-state index contributed by atoms with van der Waals surface area (Å²) in [5.74, 6) is -1.48. The zero-order valence-electron chi connectivity index (χ0n) is 11.3. The first-order valence-corrected chi connectivity index (χ1v) is 8.98. The number of halogens is 3. The van der Waals surface area contributed by atoms with Crippen LogP contribution in [0.5, 0.6) is 0 Å². The highest BCUT2D eigenvalue weighted by molar-refractivity contribution is 9.10. The molecule has 1 rings (SSSR count). The van der Waals surface area contributed by atoms with Crippen molar-refractivity contribution < 1.29 is 22.3 Å². The predicted molar refractivity (Wildman–Crippen MR) is 80.5 cm³/mol. The van der Waals surface area contributed by atoms with E-state index in [-0.39, 0.29) is 16.0 Å². The third kappa shape index (κ3) is 5.21. The summed E-state index contributed by atoms with van der Waals surface area (Å²) < 4.78 is 41.1. The smallest absolute Gasteiger partial charge is 0.264 e. The molecular weight excluding hydrogens is 389 g/mol. The molecule has 5 nitrogen and oxygen atoms in total. The fourth-order valence-electron chi connectivity index (χ4n) is 1.60. The lowest BCUT2D eigenvalue weighted by Crippen LogP contribution is -2.30. The Labute approximate surface area is 135 Å². The fourth-order valence-corrected chi connectivity index (χ4v) is 3.00. The van der Waals surface area contributed by atoms with Gasteiger partial charge in [0, 0.05) is 28.8 Å². The van der Waals surface area contributed by atoms with Gasteiger partial charge in [0.25, 0.3) is 15.0 Å². The first-order chi connectivity index (χ1) is 9.66. The quantitative estimate of drug-likeness (QED) is 0.742. The van der Waals surface area contributed by atoms with E-state index in [9.17, 15) is 17.6 Å². The monoisotopic (exact) mass is 401 g/mol. The molecule has 0 saturated carbocycles. The van der Waals surface area contributed by atoms with E-state index in [2.05, 4.69) is 21.2 Å². The van der Waals surface area contributed by atoms with Gasteiger partial charge in [0.15, 0.2) is 0 Å². The van der Waals surface area contributed by atoms with E-state index in [0.29, 0.717) is 13.2 Å². The van der Waals surface area contributed by atoms with Crippen LogP contribution in [0.15, 0.2) is 21.5 Å². The Kier molecular flexibility index (Phi) is 6.58. The molecule has 0 heterocycles. The summed E-state index contributed by atoms with van der Waals surface area (Å²) in [6, 6.07) is 1.79. The minimum atomic E-state index is -4.27. The van der Waals surface area contributed by atoms with E-state index in [0.717, 1.165) is 12.1 Å². The molecule has 0 fully saturated rings. The van der Waals surface area contributed by atoms with Crippen LogP contribution in [0, 0.1) is 11.7 Å². The third-order valence-corrected chi connectivity index (χ3v) is 4.58. The van der Waals surface area contributed by atoms with Crippen molar-refractivity contribution in [1.82, 2.24) is 5.32 Å². The van der Waals surface area contributed by atoms with Gasteiger partial charge in [-0.25, -0.2) is 12.8 Å². The molecule has 1 amide bonds. The zero-order valence-corrected chi connectivity index (χ0v) is 14.5. The Hall–Kier alpha value is -0.700. The minimum Gasteiger partial charge on any atom is -0.384 e. The Morgan fingerprint density at radius 1 is 1.52 bits per heavy atom. The molecule has 0 aliphatic rings. The molecule has 1 aromatic carbocycles. The molecule has 1 N–H and O–H groups in total. The van der Waals surface area contributed by atoms with Crippen molar-refractivity contribution in [3.8, 4) is 0 Å². The molecular formula is C12H14BrClFNO4S. The molecule has 0 spiro atoms. The molecule has 1 atom stereocenters. The van der Waals surface area contributed by atoms with Crippen molar-refractivity contribution >= 4 is 41.6 Å². The summed E-state index contributed by atoms with van der Waals surface area (Å²) in [5, 5.41) is 2.61. The maximum absolute atomic E-state index is 13.6. The standard InChI is InChI=1S/C12H14BrClFNO4S/c1-7(6-20-2)5-16-12(17)8-3-11(21(14,18)19)10(15)4-9(8)13/h3-4,7H,5-6H2,1-2H3,(H,16,17). The van der Waals surface area contributed by atoms with E-state index in [1.807, 2.05) is 6.92 Å². The molecule has 0 bridgehead atoms. The van der Waals surface area contributed by atoms with Crippen molar-refractivity contribution in [2.24, 2.45) is 5.92 Å². The van der Waals surface area contributed by atoms with E-state index in [4.69, 9.17) is 15.4 Å². The number of carbonyl (C=O) groups excluding carboxylic acids is 1. The molecule has 0 saturated heterocycles. The first-order valence-electron chi connectivity index (χ1n) is 5.87. The van der Waals surface area contributed by atoms with Gasteiger partial charge in [-0.3, -0.25) is 4.79 Å². The second kappa shape index (κ2) is 7.53. The first kappa shape index (κ1) is 18.3. The maximum atomic E-state index is 13.6. The van der Waals surface area contributed by atoms with Crippen LogP contribution in [-0.2, 0) is 13.8 Å². The van der Waals surface area contributed by atoms with Crippen molar-refractivity contribution in [2.45, 2.75) is 11.8 Å². The largest absolute Gasteiger partial charge is 0.384 e. The summed E-state index contributed by atoms with van der Waals surface area (Å²) >= 11 is 3.02. The molecule has 9 heteroatoms. The van der Waals surface area contributed by atoms with Crippen LogP contribution in [0.25, 0.3) is 0 Å². The van der Waals surface area contributed by atoms with E-state index in [1.54, 1.807) is 7.11 Å². The number of methoxy groups -OCH3 is 1. The van der Waals surface area contributed by atoms with Crippen LogP contribution in [0.3, 0.4) is 0 Å². The lowest BCUT2D eigenvalue weighted by Gasteiger charge is -2.13. The topological polar surface area (TPSA) is 72.5 Å². The summed E-state index contributed by atoms with van der Waals surface area (Å²) in [7, 11) is 2.41. The second-order valence-corrected chi connectivity index (χ2v) is 7.86. The molecule has 0 aliphatic carbocycles. The van der Waals surface area contributed by atoms with E-state index < -0.39 is 25.7 Å². The Bertz CT molecular complexity index is 638. The molecule has 0 aromatic heterocycles. The molecule has 0 radical (unpaired) electrons. The van der Waals surface area contributed by atoms with Gasteiger partial charge in [-0.2, -0.15) is 0 Å². The highest BCUT2D eigenvalue weighted by atomic mass is 79.9. The summed E-state index contributed by atoms with van der Waals surface area (Å²) in [5.41, 5.74) is -0.0137. The highest BCUT2D eigenvalue weighted by Gasteiger charge is 2.21. The fraction of sp³-hybridized carbons (Fsp3) is 0.417. The van der Waals surface area contributed by atoms with E-state index >= 15 is 0 Å². The maximum Gasteiger partial charge on any atom is 0.264 e. The number of hydrogen-bond donors (Lipinski definition) is 1. The van der Waals surface area contributed by atoms with Crippen molar-refractivity contribution in [2.75, 3.05) is 20.3 Å². The van der Waals surface area contributed by atoms with Gasteiger partial charge in [0.1, 0.15) is 10.7 Å². The van der Waals surface area contributed by atoms with Crippen molar-refractivity contribution in [1.29, 1.82) is 0 Å². The predicted octanol–water partition coefficient (Wildman–Crippen LogP) is 2.53. The minimum absolute atomic E-state index is 0.0137. The van der Waals surface area contributed by atoms with Gasteiger partial charge in [0.2, 0.25) is 0 Å². The highest BCUT2D eigenvalue weighted by Crippen LogP contribution is 2.26.